The van der Waals surface area contributed by atoms with E-state index in [-0.39, 0.29) is 0 Å². The molecule has 0 heterocycles. The second-order valence-corrected chi connectivity index (χ2v) is 7.13. The average molecular weight is 306 g/mol. The normalized spacial score (nSPS) is 19.5. The van der Waals surface area contributed by atoms with Crippen LogP contribution >= 0.6 is 0 Å². The Hall–Kier alpha value is -2.35. The van der Waals surface area contributed by atoms with Crippen molar-refractivity contribution in [3.8, 4) is 0 Å². The van der Waals surface area contributed by atoms with Crippen LogP contribution in [0.5, 0.6) is 0 Å². The van der Waals surface area contributed by atoms with Gasteiger partial charge in [0.15, 0.2) is 0 Å². The number of hydrogen-bond donors (Lipinski definition) is 1. The van der Waals surface area contributed by atoms with Crippen LogP contribution in [0.2, 0.25) is 0 Å². The summed E-state index contributed by atoms with van der Waals surface area (Å²) in [5, 5.41) is 9.29. The molecule has 0 radical (unpaired) electrons. The van der Waals surface area contributed by atoms with Gasteiger partial charge < -0.3 is 5.11 Å². The van der Waals surface area contributed by atoms with Gasteiger partial charge in [-0.15, -0.1) is 0 Å². The fourth-order valence-electron chi connectivity index (χ4n) is 3.26. The van der Waals surface area contributed by atoms with Crippen molar-refractivity contribution in [3.05, 3.63) is 65.3 Å². The molecule has 0 saturated heterocycles. The van der Waals surface area contributed by atoms with Crippen molar-refractivity contribution < 1.29 is 9.90 Å². The maximum absolute atomic E-state index is 11.3. The lowest BCUT2D eigenvalue weighted by Crippen LogP contribution is -2.14. The van der Waals surface area contributed by atoms with E-state index >= 15 is 0 Å². The zero-order valence-corrected chi connectivity index (χ0v) is 13.7. The summed E-state index contributed by atoms with van der Waals surface area (Å²) < 4.78 is 0. The SMILES string of the molecule is C=C1C=CC(C(=O)O)=Cc2cccc(C3=CCC(C)(C)CC3)c21. The van der Waals surface area contributed by atoms with Crippen LogP contribution in [0.1, 0.15) is 49.8 Å². The second-order valence-electron chi connectivity index (χ2n) is 7.13. The fraction of sp³-hybridized carbons (Fsp3) is 0.286. The van der Waals surface area contributed by atoms with Gasteiger partial charge in [0.1, 0.15) is 0 Å². The number of carboxylic acid groups (broad SMARTS) is 1. The van der Waals surface area contributed by atoms with Gasteiger partial charge in [0.2, 0.25) is 0 Å². The molecule has 1 aromatic rings. The van der Waals surface area contributed by atoms with Crippen molar-refractivity contribution in [2.75, 3.05) is 0 Å². The number of carboxylic acids is 1. The lowest BCUT2D eigenvalue weighted by atomic mass is 9.76. The van der Waals surface area contributed by atoms with Gasteiger partial charge in [-0.3, -0.25) is 0 Å². The molecule has 2 nitrogen and oxygen atoms in total. The first-order valence-corrected chi connectivity index (χ1v) is 8.02. The lowest BCUT2D eigenvalue weighted by Gasteiger charge is -2.29. The molecule has 3 rings (SSSR count). The van der Waals surface area contributed by atoms with Crippen molar-refractivity contribution in [3.63, 3.8) is 0 Å². The fourth-order valence-corrected chi connectivity index (χ4v) is 3.26. The van der Waals surface area contributed by atoms with Crippen molar-refractivity contribution >= 4 is 23.2 Å². The molecule has 0 fully saturated rings. The van der Waals surface area contributed by atoms with Gasteiger partial charge in [0.25, 0.3) is 0 Å². The van der Waals surface area contributed by atoms with Gasteiger partial charge in [0.05, 0.1) is 5.57 Å². The maximum atomic E-state index is 11.3. The molecule has 2 heteroatoms. The van der Waals surface area contributed by atoms with Crippen molar-refractivity contribution in [1.29, 1.82) is 0 Å². The number of hydrogen-bond acceptors (Lipinski definition) is 1. The Morgan fingerprint density at radius 3 is 2.70 bits per heavy atom. The van der Waals surface area contributed by atoms with Gasteiger partial charge in [-0.2, -0.15) is 0 Å². The van der Waals surface area contributed by atoms with Crippen LogP contribution in [-0.2, 0) is 4.79 Å². The molecule has 2 aliphatic rings. The Labute approximate surface area is 137 Å². The number of fused-ring (bicyclic) bond motifs is 1. The highest BCUT2D eigenvalue weighted by Crippen LogP contribution is 2.41. The number of carbonyl (C=O) groups is 1. The first-order valence-electron chi connectivity index (χ1n) is 8.02. The predicted octanol–water partition coefficient (Wildman–Crippen LogP) is 5.33. The van der Waals surface area contributed by atoms with E-state index in [0.29, 0.717) is 11.0 Å². The predicted molar refractivity (Wildman–Crippen MR) is 95.8 cm³/mol. The van der Waals surface area contributed by atoms with Crippen LogP contribution in [-0.4, -0.2) is 11.1 Å². The first-order chi connectivity index (χ1) is 10.9. The summed E-state index contributed by atoms with van der Waals surface area (Å²) in [6.07, 6.45) is 10.8. The highest BCUT2D eigenvalue weighted by atomic mass is 16.4. The molecule has 2 aliphatic carbocycles. The Morgan fingerprint density at radius 2 is 2.04 bits per heavy atom. The number of rotatable bonds is 2. The van der Waals surface area contributed by atoms with Crippen molar-refractivity contribution in [2.24, 2.45) is 5.41 Å². The van der Waals surface area contributed by atoms with Crippen LogP contribution in [0.25, 0.3) is 17.2 Å². The van der Waals surface area contributed by atoms with E-state index < -0.39 is 5.97 Å². The molecule has 0 atom stereocenters. The van der Waals surface area contributed by atoms with Crippen LogP contribution < -0.4 is 0 Å². The minimum absolute atomic E-state index is 0.292. The van der Waals surface area contributed by atoms with E-state index in [2.05, 4.69) is 32.6 Å². The van der Waals surface area contributed by atoms with Crippen LogP contribution in [0.15, 0.2) is 48.6 Å². The van der Waals surface area contributed by atoms with Crippen molar-refractivity contribution in [2.45, 2.75) is 33.1 Å². The largest absolute Gasteiger partial charge is 0.478 e. The topological polar surface area (TPSA) is 37.3 Å². The number of allylic oxidation sites excluding steroid dienone is 4. The molecule has 0 amide bonds. The monoisotopic (exact) mass is 306 g/mol. The molecular formula is C21H22O2. The van der Waals surface area contributed by atoms with Crippen LogP contribution in [0, 0.1) is 5.41 Å². The van der Waals surface area contributed by atoms with Crippen molar-refractivity contribution in [1.82, 2.24) is 0 Å². The quantitative estimate of drug-likeness (QED) is 0.801. The third-order valence-corrected chi connectivity index (χ3v) is 4.76. The Balaban J connectivity index is 2.12. The third-order valence-electron chi connectivity index (χ3n) is 4.76. The van der Waals surface area contributed by atoms with E-state index in [9.17, 15) is 9.90 Å². The summed E-state index contributed by atoms with van der Waals surface area (Å²) in [5.74, 6) is -0.911. The standard InChI is InChI=1S/C21H22O2/c1-14-7-8-17(20(22)23)13-16-5-4-6-18(19(14)16)15-9-11-21(2,3)12-10-15/h4-9,13H,1,10-12H2,2-3H3,(H,22,23). The smallest absolute Gasteiger partial charge is 0.335 e. The molecule has 0 unspecified atom stereocenters. The van der Waals surface area contributed by atoms with E-state index in [0.717, 1.165) is 29.5 Å². The molecule has 118 valence electrons. The lowest BCUT2D eigenvalue weighted by molar-refractivity contribution is -0.132. The first kappa shape index (κ1) is 15.5. The summed E-state index contributed by atoms with van der Waals surface area (Å²) in [4.78, 5) is 11.3. The molecule has 23 heavy (non-hydrogen) atoms. The summed E-state index contributed by atoms with van der Waals surface area (Å²) in [7, 11) is 0. The summed E-state index contributed by atoms with van der Waals surface area (Å²) in [6.45, 7) is 8.75. The Bertz CT molecular complexity index is 773. The number of aliphatic carboxylic acids is 1. The Kier molecular flexibility index (Phi) is 3.85. The van der Waals surface area contributed by atoms with Gasteiger partial charge in [-0.25, -0.2) is 4.79 Å². The zero-order chi connectivity index (χ0) is 16.6. The van der Waals surface area contributed by atoms with E-state index in [1.54, 1.807) is 12.2 Å². The van der Waals surface area contributed by atoms with E-state index in [4.69, 9.17) is 0 Å². The summed E-state index contributed by atoms with van der Waals surface area (Å²) in [6, 6.07) is 6.10. The summed E-state index contributed by atoms with van der Waals surface area (Å²) >= 11 is 0. The molecule has 0 saturated carbocycles. The zero-order valence-electron chi connectivity index (χ0n) is 13.7. The molecule has 1 aromatic carbocycles. The molecular weight excluding hydrogens is 284 g/mol. The van der Waals surface area contributed by atoms with Crippen LogP contribution in [0.3, 0.4) is 0 Å². The van der Waals surface area contributed by atoms with Gasteiger partial charge in [-0.05, 0) is 64.7 Å². The van der Waals surface area contributed by atoms with Gasteiger partial charge in [0, 0.05) is 0 Å². The molecule has 1 N–H and O–H groups in total. The molecule has 0 aromatic heterocycles. The average Bonchev–Trinajstić information content (AvgIpc) is 2.67. The molecule has 0 bridgehead atoms. The third kappa shape index (κ3) is 3.07. The van der Waals surface area contributed by atoms with Crippen LogP contribution in [0.4, 0.5) is 0 Å². The van der Waals surface area contributed by atoms with E-state index in [1.165, 1.54) is 17.6 Å². The van der Waals surface area contributed by atoms with Gasteiger partial charge >= 0.3 is 5.97 Å². The maximum Gasteiger partial charge on any atom is 0.335 e. The van der Waals surface area contributed by atoms with E-state index in [1.807, 2.05) is 18.2 Å². The molecule has 0 spiro atoms. The minimum Gasteiger partial charge on any atom is -0.478 e. The second kappa shape index (κ2) is 5.69. The summed E-state index contributed by atoms with van der Waals surface area (Å²) in [5.41, 5.74) is 6.06. The number of benzene rings is 1. The Morgan fingerprint density at radius 1 is 1.26 bits per heavy atom. The minimum atomic E-state index is -0.911. The highest BCUT2D eigenvalue weighted by molar-refractivity contribution is 6.00. The molecule has 0 aliphatic heterocycles. The highest BCUT2D eigenvalue weighted by Gasteiger charge is 2.24. The van der Waals surface area contributed by atoms with Gasteiger partial charge in [-0.1, -0.05) is 50.8 Å².